The number of carbonyl (C=O) groups excluding carboxylic acids is 2. The Morgan fingerprint density at radius 2 is 1.95 bits per heavy atom. The Hall–Kier alpha value is -1.31. The Morgan fingerprint density at radius 1 is 1.35 bits per heavy atom. The van der Waals surface area contributed by atoms with Crippen LogP contribution in [0.25, 0.3) is 0 Å². The Labute approximate surface area is 114 Å². The highest BCUT2D eigenvalue weighted by Crippen LogP contribution is 2.57. The first-order chi connectivity index (χ1) is 9.28. The van der Waals surface area contributed by atoms with Crippen molar-refractivity contribution in [3.05, 3.63) is 0 Å². The fraction of sp³-hybridized carbons (Fsp3) is 0.833. The van der Waals surface area contributed by atoms with E-state index in [1.54, 1.807) is 18.7 Å². The third-order valence-electron chi connectivity index (χ3n) is 4.07. The SMILES string of the molecule is CCN(CC)C(=O)[C@@H]1[C@H]2CNC[C@@]21OC(=O)C(F)(F)F. The van der Waals surface area contributed by atoms with E-state index in [1.165, 1.54) is 0 Å². The number of nitrogens with zero attached hydrogens (tertiary/aromatic N) is 1. The monoisotopic (exact) mass is 294 g/mol. The van der Waals surface area contributed by atoms with Gasteiger partial charge in [0.05, 0.1) is 5.92 Å². The van der Waals surface area contributed by atoms with Gasteiger partial charge in [0.2, 0.25) is 5.91 Å². The third-order valence-corrected chi connectivity index (χ3v) is 4.07. The molecule has 2 fully saturated rings. The van der Waals surface area contributed by atoms with Crippen LogP contribution in [0.4, 0.5) is 13.2 Å². The normalized spacial score (nSPS) is 31.6. The minimum Gasteiger partial charge on any atom is -0.450 e. The highest BCUT2D eigenvalue weighted by Gasteiger charge is 2.75. The molecule has 3 atom stereocenters. The zero-order valence-corrected chi connectivity index (χ0v) is 11.3. The number of rotatable bonds is 4. The molecule has 1 aliphatic carbocycles. The van der Waals surface area contributed by atoms with E-state index in [0.717, 1.165) is 0 Å². The standard InChI is InChI=1S/C12H17F3N2O3/c1-3-17(4-2)9(18)8-7-5-16-6-11(7,8)20-10(19)12(13,14)15/h7-8,16H,3-6H2,1-2H3/t7-,8+,11-/m1/s1. The summed E-state index contributed by atoms with van der Waals surface area (Å²) < 4.78 is 41.6. The number of hydrogen-bond acceptors (Lipinski definition) is 4. The minimum absolute atomic E-state index is 0.0944. The van der Waals surface area contributed by atoms with Gasteiger partial charge in [0, 0.05) is 32.1 Å². The lowest BCUT2D eigenvalue weighted by Crippen LogP contribution is -2.41. The first-order valence-corrected chi connectivity index (χ1v) is 6.57. The molecular formula is C12H17F3N2O3. The molecule has 20 heavy (non-hydrogen) atoms. The summed E-state index contributed by atoms with van der Waals surface area (Å²) >= 11 is 0. The summed E-state index contributed by atoms with van der Waals surface area (Å²) in [5, 5.41) is 2.86. The highest BCUT2D eigenvalue weighted by molar-refractivity contribution is 5.86. The van der Waals surface area contributed by atoms with E-state index in [4.69, 9.17) is 0 Å². The molecule has 1 saturated carbocycles. The molecule has 0 aromatic heterocycles. The molecule has 114 valence electrons. The van der Waals surface area contributed by atoms with Crippen molar-refractivity contribution in [3.63, 3.8) is 0 Å². The van der Waals surface area contributed by atoms with Gasteiger partial charge in [-0.3, -0.25) is 4.79 Å². The van der Waals surface area contributed by atoms with Crippen molar-refractivity contribution < 1.29 is 27.5 Å². The molecule has 0 spiro atoms. The summed E-state index contributed by atoms with van der Waals surface area (Å²) in [4.78, 5) is 24.8. The van der Waals surface area contributed by atoms with E-state index in [1.807, 2.05) is 0 Å². The quantitative estimate of drug-likeness (QED) is 0.769. The van der Waals surface area contributed by atoms with Gasteiger partial charge in [-0.15, -0.1) is 0 Å². The highest BCUT2D eigenvalue weighted by atomic mass is 19.4. The number of halogens is 3. The largest absolute Gasteiger partial charge is 0.490 e. The Morgan fingerprint density at radius 3 is 2.45 bits per heavy atom. The number of alkyl halides is 3. The molecule has 1 aliphatic heterocycles. The number of carbonyl (C=O) groups is 2. The topological polar surface area (TPSA) is 58.6 Å². The molecule has 8 heteroatoms. The maximum absolute atomic E-state index is 12.3. The summed E-state index contributed by atoms with van der Waals surface area (Å²) in [5.41, 5.74) is -1.31. The number of amides is 1. The van der Waals surface area contributed by atoms with E-state index in [9.17, 15) is 22.8 Å². The minimum atomic E-state index is -5.03. The Bertz CT molecular complexity index is 423. The van der Waals surface area contributed by atoms with E-state index in [0.29, 0.717) is 19.6 Å². The lowest BCUT2D eigenvalue weighted by Gasteiger charge is -2.22. The zero-order chi connectivity index (χ0) is 15.1. The second kappa shape index (κ2) is 4.91. The van der Waals surface area contributed by atoms with Gasteiger partial charge in [0.15, 0.2) is 0 Å². The van der Waals surface area contributed by atoms with Gasteiger partial charge < -0.3 is 15.0 Å². The number of piperidine rings is 1. The number of ether oxygens (including phenoxy) is 1. The van der Waals surface area contributed by atoms with E-state index >= 15 is 0 Å². The Balaban J connectivity index is 2.11. The number of hydrogen-bond donors (Lipinski definition) is 1. The van der Waals surface area contributed by atoms with Crippen molar-refractivity contribution in [1.82, 2.24) is 10.2 Å². The lowest BCUT2D eigenvalue weighted by atomic mass is 10.2. The Kier molecular flexibility index (Phi) is 3.70. The molecule has 1 saturated heterocycles. The zero-order valence-electron chi connectivity index (χ0n) is 11.3. The third kappa shape index (κ3) is 2.25. The van der Waals surface area contributed by atoms with E-state index in [2.05, 4.69) is 10.1 Å². The van der Waals surface area contributed by atoms with Gasteiger partial charge in [-0.25, -0.2) is 4.79 Å². The van der Waals surface area contributed by atoms with E-state index < -0.39 is 23.7 Å². The van der Waals surface area contributed by atoms with Crippen molar-refractivity contribution in [1.29, 1.82) is 0 Å². The van der Waals surface area contributed by atoms with Crippen LogP contribution in [0.5, 0.6) is 0 Å². The van der Waals surface area contributed by atoms with Crippen LogP contribution in [0, 0.1) is 11.8 Å². The molecule has 0 unspecified atom stereocenters. The maximum atomic E-state index is 12.3. The average molecular weight is 294 g/mol. The predicted octanol–water partition coefficient (Wildman–Crippen LogP) is 0.548. The molecule has 1 amide bonds. The second-order valence-electron chi connectivity index (χ2n) is 5.07. The molecule has 1 N–H and O–H groups in total. The van der Waals surface area contributed by atoms with Crippen molar-refractivity contribution in [2.75, 3.05) is 26.2 Å². The molecular weight excluding hydrogens is 277 g/mol. The van der Waals surface area contributed by atoms with Gasteiger partial charge in [0.25, 0.3) is 0 Å². The van der Waals surface area contributed by atoms with Gasteiger partial charge in [-0.1, -0.05) is 0 Å². The van der Waals surface area contributed by atoms with Crippen molar-refractivity contribution in [2.24, 2.45) is 11.8 Å². The van der Waals surface area contributed by atoms with Crippen LogP contribution < -0.4 is 5.32 Å². The summed E-state index contributed by atoms with van der Waals surface area (Å²) in [6.07, 6.45) is -5.03. The number of fused-ring (bicyclic) bond motifs is 1. The molecule has 5 nitrogen and oxygen atoms in total. The second-order valence-corrected chi connectivity index (χ2v) is 5.07. The predicted molar refractivity (Wildman–Crippen MR) is 62.7 cm³/mol. The van der Waals surface area contributed by atoms with Crippen molar-refractivity contribution in [2.45, 2.75) is 25.6 Å². The lowest BCUT2D eigenvalue weighted by molar-refractivity contribution is -0.207. The summed E-state index contributed by atoms with van der Waals surface area (Å²) in [6.45, 7) is 5.04. The van der Waals surface area contributed by atoms with Crippen LogP contribution >= 0.6 is 0 Å². The van der Waals surface area contributed by atoms with Gasteiger partial charge >= 0.3 is 12.1 Å². The summed E-state index contributed by atoms with van der Waals surface area (Å²) in [6, 6.07) is 0. The smallest absolute Gasteiger partial charge is 0.450 e. The molecule has 2 aliphatic rings. The molecule has 0 radical (unpaired) electrons. The summed E-state index contributed by atoms with van der Waals surface area (Å²) in [5.74, 6) is -3.48. The van der Waals surface area contributed by atoms with Crippen LogP contribution in [0.2, 0.25) is 0 Å². The van der Waals surface area contributed by atoms with Gasteiger partial charge in [-0.05, 0) is 13.8 Å². The van der Waals surface area contributed by atoms with Crippen LogP contribution in [0.15, 0.2) is 0 Å². The molecule has 0 aromatic carbocycles. The van der Waals surface area contributed by atoms with Gasteiger partial charge in [0.1, 0.15) is 5.60 Å². The number of esters is 1. The average Bonchev–Trinajstić information content (AvgIpc) is 2.77. The van der Waals surface area contributed by atoms with Gasteiger partial charge in [-0.2, -0.15) is 13.2 Å². The van der Waals surface area contributed by atoms with Crippen LogP contribution in [-0.2, 0) is 14.3 Å². The van der Waals surface area contributed by atoms with E-state index in [-0.39, 0.29) is 18.4 Å². The molecule has 1 heterocycles. The van der Waals surface area contributed by atoms with Crippen molar-refractivity contribution in [3.8, 4) is 0 Å². The fourth-order valence-electron chi connectivity index (χ4n) is 2.97. The van der Waals surface area contributed by atoms with Crippen LogP contribution in [0.3, 0.4) is 0 Å². The molecule has 2 rings (SSSR count). The van der Waals surface area contributed by atoms with Crippen LogP contribution in [0.1, 0.15) is 13.8 Å². The number of nitrogens with one attached hydrogen (secondary N) is 1. The van der Waals surface area contributed by atoms with Crippen LogP contribution in [-0.4, -0.2) is 54.7 Å². The maximum Gasteiger partial charge on any atom is 0.490 e. The molecule has 0 aromatic rings. The van der Waals surface area contributed by atoms with Crippen molar-refractivity contribution >= 4 is 11.9 Å². The first kappa shape index (κ1) is 15.1. The molecule has 0 bridgehead atoms. The fourth-order valence-corrected chi connectivity index (χ4v) is 2.97. The summed E-state index contributed by atoms with van der Waals surface area (Å²) in [7, 11) is 0. The first-order valence-electron chi connectivity index (χ1n) is 6.57.